The van der Waals surface area contributed by atoms with Crippen LogP contribution in [0.1, 0.15) is 10.4 Å². The van der Waals surface area contributed by atoms with Crippen LogP contribution >= 0.6 is 15.9 Å². The Bertz CT molecular complexity index is 604. The quantitative estimate of drug-likeness (QED) is 0.911. The number of aromatic nitrogens is 1. The number of carboxylic acid groups (broad SMARTS) is 1. The third-order valence-electron chi connectivity index (χ3n) is 2.25. The van der Waals surface area contributed by atoms with E-state index in [0.717, 1.165) is 0 Å². The number of hydrogen-bond donors (Lipinski definition) is 2. The van der Waals surface area contributed by atoms with Gasteiger partial charge >= 0.3 is 5.97 Å². The maximum Gasteiger partial charge on any atom is 0.337 e. The molecule has 18 heavy (non-hydrogen) atoms. The Hall–Kier alpha value is -1.95. The Kier molecular flexibility index (Phi) is 3.57. The molecule has 0 atom stereocenters. The van der Waals surface area contributed by atoms with E-state index in [1.165, 1.54) is 36.7 Å². The summed E-state index contributed by atoms with van der Waals surface area (Å²) in [5.41, 5.74) is 0.808. The Labute approximate surface area is 111 Å². The standard InChI is InChI=1S/C12H8BrFN2O2/c13-9-2-1-7(14)5-10(9)16-11-6-15-4-3-8(11)12(17)18/h1-6,16H,(H,17,18). The first-order chi connectivity index (χ1) is 8.58. The smallest absolute Gasteiger partial charge is 0.337 e. The first-order valence-electron chi connectivity index (χ1n) is 4.97. The van der Waals surface area contributed by atoms with Crippen LogP contribution in [0.5, 0.6) is 0 Å². The number of pyridine rings is 1. The molecule has 0 aliphatic heterocycles. The van der Waals surface area contributed by atoms with Crippen molar-refractivity contribution in [3.8, 4) is 0 Å². The van der Waals surface area contributed by atoms with E-state index in [1.54, 1.807) is 0 Å². The summed E-state index contributed by atoms with van der Waals surface area (Å²) in [5, 5.41) is 11.8. The largest absolute Gasteiger partial charge is 0.478 e. The Morgan fingerprint density at radius 2 is 2.11 bits per heavy atom. The van der Waals surface area contributed by atoms with Gasteiger partial charge in [-0.1, -0.05) is 0 Å². The highest BCUT2D eigenvalue weighted by Gasteiger charge is 2.11. The van der Waals surface area contributed by atoms with Crippen molar-refractivity contribution in [3.05, 3.63) is 52.5 Å². The van der Waals surface area contributed by atoms with Crippen molar-refractivity contribution in [2.24, 2.45) is 0 Å². The van der Waals surface area contributed by atoms with Crippen LogP contribution in [-0.2, 0) is 0 Å². The van der Waals surface area contributed by atoms with Gasteiger partial charge in [0.1, 0.15) is 5.82 Å². The van der Waals surface area contributed by atoms with Gasteiger partial charge in [0.15, 0.2) is 0 Å². The van der Waals surface area contributed by atoms with Gasteiger partial charge in [0.2, 0.25) is 0 Å². The molecule has 0 saturated heterocycles. The number of anilines is 2. The second-order valence-electron chi connectivity index (χ2n) is 3.48. The minimum Gasteiger partial charge on any atom is -0.478 e. The summed E-state index contributed by atoms with van der Waals surface area (Å²) in [4.78, 5) is 14.9. The zero-order chi connectivity index (χ0) is 13.1. The van der Waals surface area contributed by atoms with E-state index in [9.17, 15) is 9.18 Å². The van der Waals surface area contributed by atoms with Crippen molar-refractivity contribution < 1.29 is 14.3 Å². The van der Waals surface area contributed by atoms with Crippen LogP contribution in [0.25, 0.3) is 0 Å². The molecule has 0 amide bonds. The molecule has 0 spiro atoms. The first kappa shape index (κ1) is 12.5. The summed E-state index contributed by atoms with van der Waals surface area (Å²) in [6, 6.07) is 5.48. The Balaban J connectivity index is 2.40. The predicted octanol–water partition coefficient (Wildman–Crippen LogP) is 3.43. The van der Waals surface area contributed by atoms with Gasteiger partial charge in [-0.2, -0.15) is 0 Å². The van der Waals surface area contributed by atoms with Crippen molar-refractivity contribution >= 4 is 33.3 Å². The third kappa shape index (κ3) is 2.65. The number of hydrogen-bond acceptors (Lipinski definition) is 3. The van der Waals surface area contributed by atoms with Crippen LogP contribution in [-0.4, -0.2) is 16.1 Å². The summed E-state index contributed by atoms with van der Waals surface area (Å²) in [6.45, 7) is 0. The van der Waals surface area contributed by atoms with Crippen LogP contribution in [0.2, 0.25) is 0 Å². The zero-order valence-corrected chi connectivity index (χ0v) is 10.6. The van der Waals surface area contributed by atoms with Gasteiger partial charge in [-0.3, -0.25) is 4.98 Å². The summed E-state index contributed by atoms with van der Waals surface area (Å²) in [7, 11) is 0. The lowest BCUT2D eigenvalue weighted by molar-refractivity contribution is 0.0698. The molecule has 1 aromatic carbocycles. The Morgan fingerprint density at radius 1 is 1.33 bits per heavy atom. The SMILES string of the molecule is O=C(O)c1ccncc1Nc1cc(F)ccc1Br. The molecule has 0 fully saturated rings. The molecular formula is C12H8BrFN2O2. The number of aromatic carboxylic acids is 1. The fourth-order valence-electron chi connectivity index (χ4n) is 1.42. The molecule has 0 aliphatic rings. The monoisotopic (exact) mass is 310 g/mol. The molecule has 0 bridgehead atoms. The molecule has 0 unspecified atom stereocenters. The predicted molar refractivity (Wildman–Crippen MR) is 68.6 cm³/mol. The minimum atomic E-state index is -1.08. The number of carboxylic acids is 1. The Morgan fingerprint density at radius 3 is 2.83 bits per heavy atom. The second kappa shape index (κ2) is 5.14. The van der Waals surface area contributed by atoms with E-state index in [0.29, 0.717) is 15.8 Å². The van der Waals surface area contributed by atoms with E-state index >= 15 is 0 Å². The van der Waals surface area contributed by atoms with Gasteiger partial charge in [-0.25, -0.2) is 9.18 Å². The number of rotatable bonds is 3. The van der Waals surface area contributed by atoms with E-state index in [2.05, 4.69) is 26.2 Å². The van der Waals surface area contributed by atoms with E-state index in [4.69, 9.17) is 5.11 Å². The summed E-state index contributed by atoms with van der Waals surface area (Å²) in [5.74, 6) is -1.49. The van der Waals surface area contributed by atoms with E-state index in [-0.39, 0.29) is 5.56 Å². The average molecular weight is 311 g/mol. The van der Waals surface area contributed by atoms with Crippen LogP contribution in [0.4, 0.5) is 15.8 Å². The van der Waals surface area contributed by atoms with Gasteiger partial charge < -0.3 is 10.4 Å². The lowest BCUT2D eigenvalue weighted by Crippen LogP contribution is -2.03. The fourth-order valence-corrected chi connectivity index (χ4v) is 1.76. The molecule has 6 heteroatoms. The highest BCUT2D eigenvalue weighted by molar-refractivity contribution is 9.10. The van der Waals surface area contributed by atoms with Gasteiger partial charge in [-0.05, 0) is 40.2 Å². The molecule has 1 aromatic heterocycles. The molecule has 2 N–H and O–H groups in total. The molecule has 2 rings (SSSR count). The van der Waals surface area contributed by atoms with Crippen molar-refractivity contribution in [2.75, 3.05) is 5.32 Å². The van der Waals surface area contributed by atoms with E-state index in [1.807, 2.05) is 0 Å². The maximum absolute atomic E-state index is 13.1. The number of nitrogens with one attached hydrogen (secondary N) is 1. The molecule has 0 aliphatic carbocycles. The molecule has 4 nitrogen and oxygen atoms in total. The van der Waals surface area contributed by atoms with Gasteiger partial charge in [0.05, 0.1) is 23.1 Å². The number of benzene rings is 1. The van der Waals surface area contributed by atoms with Gasteiger partial charge in [-0.15, -0.1) is 0 Å². The van der Waals surface area contributed by atoms with Gasteiger partial charge in [0.25, 0.3) is 0 Å². The van der Waals surface area contributed by atoms with Crippen molar-refractivity contribution in [2.45, 2.75) is 0 Å². The van der Waals surface area contributed by atoms with Crippen LogP contribution in [0.3, 0.4) is 0 Å². The maximum atomic E-state index is 13.1. The molecule has 92 valence electrons. The van der Waals surface area contributed by atoms with Gasteiger partial charge in [0, 0.05) is 10.7 Å². The molecular weight excluding hydrogens is 303 g/mol. The number of halogens is 2. The normalized spacial score (nSPS) is 10.1. The molecule has 1 heterocycles. The topological polar surface area (TPSA) is 62.2 Å². The third-order valence-corrected chi connectivity index (χ3v) is 2.94. The zero-order valence-electron chi connectivity index (χ0n) is 9.02. The van der Waals surface area contributed by atoms with Crippen LogP contribution in [0, 0.1) is 5.82 Å². The molecule has 0 saturated carbocycles. The summed E-state index contributed by atoms with van der Waals surface area (Å²) in [6.07, 6.45) is 2.76. The highest BCUT2D eigenvalue weighted by Crippen LogP contribution is 2.27. The lowest BCUT2D eigenvalue weighted by Gasteiger charge is -2.10. The van der Waals surface area contributed by atoms with Crippen molar-refractivity contribution in [3.63, 3.8) is 0 Å². The molecule has 2 aromatic rings. The van der Waals surface area contributed by atoms with Crippen molar-refractivity contribution in [1.29, 1.82) is 0 Å². The summed E-state index contributed by atoms with van der Waals surface area (Å²) < 4.78 is 13.7. The second-order valence-corrected chi connectivity index (χ2v) is 4.33. The average Bonchev–Trinajstić information content (AvgIpc) is 2.34. The summed E-state index contributed by atoms with van der Waals surface area (Å²) >= 11 is 3.25. The minimum absolute atomic E-state index is 0.0705. The molecule has 0 radical (unpaired) electrons. The number of nitrogens with zero attached hydrogens (tertiary/aromatic N) is 1. The van der Waals surface area contributed by atoms with Crippen molar-refractivity contribution in [1.82, 2.24) is 4.98 Å². The number of carbonyl (C=O) groups is 1. The van der Waals surface area contributed by atoms with E-state index < -0.39 is 11.8 Å². The van der Waals surface area contributed by atoms with Crippen LogP contribution in [0.15, 0.2) is 41.1 Å². The highest BCUT2D eigenvalue weighted by atomic mass is 79.9. The lowest BCUT2D eigenvalue weighted by atomic mass is 10.2. The van der Waals surface area contributed by atoms with Crippen LogP contribution < -0.4 is 5.32 Å². The fraction of sp³-hybridized carbons (Fsp3) is 0. The first-order valence-corrected chi connectivity index (χ1v) is 5.76.